The first-order chi connectivity index (χ1) is 17.0. The lowest BCUT2D eigenvalue weighted by atomic mass is 10.1. The van der Waals surface area contributed by atoms with Crippen LogP contribution in [0.5, 0.6) is 0 Å². The van der Waals surface area contributed by atoms with Crippen LogP contribution in [0.1, 0.15) is 21.5 Å². The molecule has 1 aromatic heterocycles. The molecule has 6 heteroatoms. The SMILES string of the molecule is Cc1cccc(C)c1NC(=O)c1ccc(Nc2nc(-c3ccccc3)c3ccccc3n2)c(Br)c1. The van der Waals surface area contributed by atoms with Crippen molar-refractivity contribution in [2.24, 2.45) is 0 Å². The number of carbonyl (C=O) groups excluding carboxylic acids is 1. The zero-order valence-corrected chi connectivity index (χ0v) is 20.9. The molecule has 1 heterocycles. The fraction of sp³-hybridized carbons (Fsp3) is 0.0690. The lowest BCUT2D eigenvalue weighted by Gasteiger charge is -2.14. The van der Waals surface area contributed by atoms with Crippen LogP contribution in [0, 0.1) is 13.8 Å². The van der Waals surface area contributed by atoms with Gasteiger partial charge in [0.25, 0.3) is 5.91 Å². The highest BCUT2D eigenvalue weighted by Gasteiger charge is 2.14. The molecule has 172 valence electrons. The maximum absolute atomic E-state index is 12.9. The molecule has 5 rings (SSSR count). The van der Waals surface area contributed by atoms with Crippen LogP contribution in [0.2, 0.25) is 0 Å². The Labute approximate surface area is 212 Å². The van der Waals surface area contributed by atoms with Crippen LogP contribution in [0.3, 0.4) is 0 Å². The first-order valence-electron chi connectivity index (χ1n) is 11.3. The Morgan fingerprint density at radius 2 is 1.51 bits per heavy atom. The number of rotatable bonds is 5. The third kappa shape index (κ3) is 4.79. The molecule has 0 aliphatic heterocycles. The van der Waals surface area contributed by atoms with Gasteiger partial charge >= 0.3 is 0 Å². The molecule has 0 unspecified atom stereocenters. The van der Waals surface area contributed by atoms with Crippen LogP contribution >= 0.6 is 15.9 Å². The highest BCUT2D eigenvalue weighted by Crippen LogP contribution is 2.31. The summed E-state index contributed by atoms with van der Waals surface area (Å²) in [5.41, 5.74) is 6.94. The fourth-order valence-corrected chi connectivity index (χ4v) is 4.50. The van der Waals surface area contributed by atoms with Crippen molar-refractivity contribution < 1.29 is 4.79 Å². The van der Waals surface area contributed by atoms with Gasteiger partial charge in [-0.05, 0) is 65.2 Å². The van der Waals surface area contributed by atoms with E-state index in [1.54, 1.807) is 12.1 Å². The summed E-state index contributed by atoms with van der Waals surface area (Å²) in [6, 6.07) is 29.4. The minimum absolute atomic E-state index is 0.164. The van der Waals surface area contributed by atoms with Gasteiger partial charge < -0.3 is 10.6 Å². The number of hydrogen-bond donors (Lipinski definition) is 2. The number of hydrogen-bond acceptors (Lipinski definition) is 4. The van der Waals surface area contributed by atoms with E-state index in [4.69, 9.17) is 9.97 Å². The number of aromatic nitrogens is 2. The van der Waals surface area contributed by atoms with Crippen LogP contribution in [-0.4, -0.2) is 15.9 Å². The Kier molecular flexibility index (Phi) is 6.29. The number of nitrogens with zero attached hydrogens (tertiary/aromatic N) is 2. The Morgan fingerprint density at radius 3 is 2.26 bits per heavy atom. The molecule has 4 aromatic carbocycles. The summed E-state index contributed by atoms with van der Waals surface area (Å²) in [5.74, 6) is 0.318. The van der Waals surface area contributed by atoms with Crippen LogP contribution in [0.15, 0.2) is 95.5 Å². The second-order valence-corrected chi connectivity index (χ2v) is 9.17. The van der Waals surface area contributed by atoms with Crippen molar-refractivity contribution in [3.8, 4) is 11.3 Å². The maximum atomic E-state index is 12.9. The normalized spacial score (nSPS) is 10.8. The molecule has 0 fully saturated rings. The molecule has 1 amide bonds. The average Bonchev–Trinajstić information content (AvgIpc) is 2.87. The molecular formula is C29H23BrN4O. The summed E-state index contributed by atoms with van der Waals surface area (Å²) in [6.45, 7) is 3.97. The smallest absolute Gasteiger partial charge is 0.255 e. The Hall–Kier alpha value is -4.03. The van der Waals surface area contributed by atoms with Gasteiger partial charge in [-0.1, -0.05) is 66.7 Å². The van der Waals surface area contributed by atoms with Crippen LogP contribution < -0.4 is 10.6 Å². The molecule has 0 atom stereocenters. The van der Waals surface area contributed by atoms with E-state index in [1.165, 1.54) is 0 Å². The molecule has 0 aliphatic carbocycles. The number of amides is 1. The van der Waals surface area contributed by atoms with E-state index in [1.807, 2.05) is 92.7 Å². The Balaban J connectivity index is 1.44. The number of nitrogens with one attached hydrogen (secondary N) is 2. The average molecular weight is 523 g/mol. The third-order valence-corrected chi connectivity index (χ3v) is 6.50. The van der Waals surface area contributed by atoms with Gasteiger partial charge in [0.1, 0.15) is 0 Å². The lowest BCUT2D eigenvalue weighted by molar-refractivity contribution is 0.102. The zero-order valence-electron chi connectivity index (χ0n) is 19.3. The largest absolute Gasteiger partial charge is 0.323 e. The number of benzene rings is 4. The summed E-state index contributed by atoms with van der Waals surface area (Å²) >= 11 is 3.60. The van der Waals surface area contributed by atoms with Crippen LogP contribution in [-0.2, 0) is 0 Å². The third-order valence-electron chi connectivity index (χ3n) is 5.85. The highest BCUT2D eigenvalue weighted by atomic mass is 79.9. The van der Waals surface area contributed by atoms with Gasteiger partial charge in [0.15, 0.2) is 0 Å². The van der Waals surface area contributed by atoms with Gasteiger partial charge in [0, 0.05) is 26.7 Å². The minimum atomic E-state index is -0.164. The molecular weight excluding hydrogens is 500 g/mol. The van der Waals surface area contributed by atoms with Crippen molar-refractivity contribution in [3.63, 3.8) is 0 Å². The predicted octanol–water partition coefficient (Wildman–Crippen LogP) is 7.67. The van der Waals surface area contributed by atoms with E-state index in [9.17, 15) is 4.79 Å². The van der Waals surface area contributed by atoms with Gasteiger partial charge in [-0.25, -0.2) is 9.97 Å². The number of fused-ring (bicyclic) bond motifs is 1. The van der Waals surface area contributed by atoms with Crippen molar-refractivity contribution in [2.75, 3.05) is 10.6 Å². The van der Waals surface area contributed by atoms with Crippen molar-refractivity contribution in [1.82, 2.24) is 9.97 Å². The summed E-state index contributed by atoms with van der Waals surface area (Å²) in [7, 11) is 0. The lowest BCUT2D eigenvalue weighted by Crippen LogP contribution is -2.14. The maximum Gasteiger partial charge on any atom is 0.255 e. The van der Waals surface area contributed by atoms with Gasteiger partial charge in [0.2, 0.25) is 5.95 Å². The minimum Gasteiger partial charge on any atom is -0.323 e. The topological polar surface area (TPSA) is 66.9 Å². The van der Waals surface area contributed by atoms with Crippen molar-refractivity contribution in [1.29, 1.82) is 0 Å². The zero-order chi connectivity index (χ0) is 24.4. The molecule has 0 saturated heterocycles. The molecule has 0 aliphatic rings. The molecule has 5 nitrogen and oxygen atoms in total. The van der Waals surface area contributed by atoms with E-state index in [-0.39, 0.29) is 5.91 Å². The fourth-order valence-electron chi connectivity index (χ4n) is 4.02. The van der Waals surface area contributed by atoms with Crippen LogP contribution in [0.25, 0.3) is 22.2 Å². The van der Waals surface area contributed by atoms with E-state index in [0.29, 0.717) is 11.5 Å². The molecule has 5 aromatic rings. The molecule has 0 saturated carbocycles. The molecule has 2 N–H and O–H groups in total. The van der Waals surface area contributed by atoms with Crippen molar-refractivity contribution in [3.05, 3.63) is 112 Å². The number of halogens is 1. The molecule has 0 bridgehead atoms. The second kappa shape index (κ2) is 9.68. The predicted molar refractivity (Wildman–Crippen MR) is 146 cm³/mol. The number of anilines is 3. The number of para-hydroxylation sites is 2. The van der Waals surface area contributed by atoms with Crippen molar-refractivity contribution in [2.45, 2.75) is 13.8 Å². The van der Waals surface area contributed by atoms with E-state index in [2.05, 4.69) is 26.6 Å². The van der Waals surface area contributed by atoms with Gasteiger partial charge in [-0.15, -0.1) is 0 Å². The summed E-state index contributed by atoms with van der Waals surface area (Å²) < 4.78 is 0.740. The second-order valence-electron chi connectivity index (χ2n) is 8.32. The van der Waals surface area contributed by atoms with E-state index in [0.717, 1.165) is 49.1 Å². The number of carbonyl (C=O) groups is 1. The molecule has 35 heavy (non-hydrogen) atoms. The Morgan fingerprint density at radius 1 is 0.800 bits per heavy atom. The van der Waals surface area contributed by atoms with Gasteiger partial charge in [0.05, 0.1) is 16.9 Å². The van der Waals surface area contributed by atoms with E-state index >= 15 is 0 Å². The highest BCUT2D eigenvalue weighted by molar-refractivity contribution is 9.10. The molecule has 0 radical (unpaired) electrons. The summed E-state index contributed by atoms with van der Waals surface area (Å²) in [4.78, 5) is 22.4. The Bertz CT molecular complexity index is 1530. The quantitative estimate of drug-likeness (QED) is 0.248. The van der Waals surface area contributed by atoms with Crippen LogP contribution in [0.4, 0.5) is 17.3 Å². The first-order valence-corrected chi connectivity index (χ1v) is 12.1. The standard InChI is InChI=1S/C29H23BrN4O/c1-18-9-8-10-19(2)26(18)33-28(35)21-15-16-25(23(30)17-21)32-29-31-24-14-7-6-13-22(24)27(34-29)20-11-4-3-5-12-20/h3-17H,1-2H3,(H,33,35)(H,31,32,34). The van der Waals surface area contributed by atoms with Crippen molar-refractivity contribution >= 4 is 50.1 Å². The summed E-state index contributed by atoms with van der Waals surface area (Å²) in [5, 5.41) is 7.33. The first kappa shape index (κ1) is 22.7. The van der Waals surface area contributed by atoms with Gasteiger partial charge in [-0.3, -0.25) is 4.79 Å². The monoisotopic (exact) mass is 522 g/mol. The van der Waals surface area contributed by atoms with E-state index < -0.39 is 0 Å². The molecule has 0 spiro atoms. The van der Waals surface area contributed by atoms with Gasteiger partial charge in [-0.2, -0.15) is 0 Å². The summed E-state index contributed by atoms with van der Waals surface area (Å²) in [6.07, 6.45) is 0. The number of aryl methyl sites for hydroxylation is 2.